The molecule has 0 amide bonds. The normalized spacial score (nSPS) is 49.8. The summed E-state index contributed by atoms with van der Waals surface area (Å²) in [6.45, 7) is 22.8. The van der Waals surface area contributed by atoms with Crippen LogP contribution in [0.4, 0.5) is 0 Å². The fraction of sp³-hybridized carbons (Fsp3) is 1.00. The van der Waals surface area contributed by atoms with Gasteiger partial charge in [-0.1, -0.05) is 67.2 Å². The van der Waals surface area contributed by atoms with Crippen molar-refractivity contribution in [3.8, 4) is 0 Å². The van der Waals surface area contributed by atoms with Gasteiger partial charge in [-0.15, -0.1) is 0 Å². The zero-order valence-corrected chi connectivity index (χ0v) is 24.2. The molecule has 4 saturated carbocycles. The molecule has 186 valence electrons. The first-order chi connectivity index (χ1) is 15.0. The van der Waals surface area contributed by atoms with Crippen molar-refractivity contribution in [3.63, 3.8) is 0 Å². The zero-order chi connectivity index (χ0) is 23.5. The van der Waals surface area contributed by atoms with Crippen molar-refractivity contribution in [2.45, 2.75) is 131 Å². The summed E-state index contributed by atoms with van der Waals surface area (Å²) in [4.78, 5) is 0. The van der Waals surface area contributed by atoms with E-state index in [0.717, 1.165) is 47.3 Å². The summed E-state index contributed by atoms with van der Waals surface area (Å²) < 4.78 is 7.32. The Morgan fingerprint density at radius 1 is 0.906 bits per heavy atom. The second kappa shape index (κ2) is 9.00. The van der Waals surface area contributed by atoms with Crippen molar-refractivity contribution in [1.82, 2.24) is 0 Å². The summed E-state index contributed by atoms with van der Waals surface area (Å²) in [6, 6.07) is 0. The predicted molar refractivity (Wildman–Crippen MR) is 141 cm³/mol. The van der Waals surface area contributed by atoms with Crippen molar-refractivity contribution in [1.29, 1.82) is 0 Å². The van der Waals surface area contributed by atoms with Gasteiger partial charge in [0.15, 0.2) is 8.32 Å². The minimum atomic E-state index is -1.60. The molecule has 0 heterocycles. The van der Waals surface area contributed by atoms with E-state index in [2.05, 4.69) is 61.2 Å². The van der Waals surface area contributed by atoms with Gasteiger partial charge in [-0.25, -0.2) is 0 Å². The minimum absolute atomic E-state index is 0.532. The van der Waals surface area contributed by atoms with E-state index >= 15 is 0 Å². The Bertz CT molecular complexity index is 654. The Morgan fingerprint density at radius 3 is 2.19 bits per heavy atom. The summed E-state index contributed by atoms with van der Waals surface area (Å²) in [5.41, 5.74) is 1.12. The molecule has 0 radical (unpaired) electrons. The molecule has 2 heteroatoms. The quantitative estimate of drug-likeness (QED) is 0.359. The van der Waals surface area contributed by atoms with Crippen LogP contribution in [-0.2, 0) is 4.43 Å². The van der Waals surface area contributed by atoms with Crippen LogP contribution in [0.1, 0.15) is 106 Å². The first kappa shape index (κ1) is 25.3. The molecule has 0 aromatic carbocycles. The lowest BCUT2D eigenvalue weighted by Crippen LogP contribution is -2.63. The zero-order valence-electron chi connectivity index (χ0n) is 23.2. The van der Waals surface area contributed by atoms with Gasteiger partial charge in [-0.2, -0.15) is 0 Å². The van der Waals surface area contributed by atoms with Gasteiger partial charge in [0.2, 0.25) is 0 Å². The average molecular weight is 461 g/mol. The molecule has 4 aliphatic rings. The van der Waals surface area contributed by atoms with Gasteiger partial charge in [0, 0.05) is 0 Å². The van der Waals surface area contributed by atoms with E-state index in [-0.39, 0.29) is 0 Å². The van der Waals surface area contributed by atoms with E-state index in [0.29, 0.717) is 16.9 Å². The van der Waals surface area contributed by atoms with Gasteiger partial charge < -0.3 is 4.43 Å². The third-order valence-electron chi connectivity index (χ3n) is 11.6. The Hall–Kier alpha value is 0.177. The monoisotopic (exact) mass is 460 g/mol. The molecule has 0 aromatic rings. The van der Waals surface area contributed by atoms with Crippen molar-refractivity contribution in [3.05, 3.63) is 0 Å². The first-order valence-electron chi connectivity index (χ1n) is 14.6. The number of fused-ring (bicyclic) bond motifs is 5. The maximum absolute atomic E-state index is 7.32. The van der Waals surface area contributed by atoms with E-state index < -0.39 is 8.32 Å². The second-order valence-corrected chi connectivity index (χ2v) is 19.0. The smallest absolute Gasteiger partial charge is 0.184 e. The molecule has 0 bridgehead atoms. The molecule has 4 aliphatic carbocycles. The van der Waals surface area contributed by atoms with Crippen LogP contribution in [0.3, 0.4) is 0 Å². The Morgan fingerprint density at radius 2 is 1.56 bits per heavy atom. The molecular weight excluding hydrogens is 404 g/mol. The third-order valence-corrected chi connectivity index (χ3v) is 12.6. The molecule has 0 unspecified atom stereocenters. The fourth-order valence-electron chi connectivity index (χ4n) is 10.3. The SMILES string of the molecule is CCC[C@@H](C)[C@H]1CC[C@H]2[C@@H]3[C@H](O[Si](C)(C)C)[C@H](CC)[C@@H]4C[C@H](C)CC[C@]4(C)[C@H]3CC[C@]12C. The largest absolute Gasteiger partial charge is 0.414 e. The van der Waals surface area contributed by atoms with Gasteiger partial charge in [0.25, 0.3) is 0 Å². The molecule has 0 aliphatic heterocycles. The topological polar surface area (TPSA) is 9.23 Å². The molecule has 11 atom stereocenters. The molecule has 4 fully saturated rings. The molecule has 32 heavy (non-hydrogen) atoms. The van der Waals surface area contributed by atoms with E-state index in [1.165, 1.54) is 64.2 Å². The second-order valence-electron chi connectivity index (χ2n) is 14.5. The summed E-state index contributed by atoms with van der Waals surface area (Å²) in [5, 5.41) is 0. The fourth-order valence-corrected chi connectivity index (χ4v) is 11.5. The Kier molecular flexibility index (Phi) is 7.11. The number of hydrogen-bond acceptors (Lipinski definition) is 1. The van der Waals surface area contributed by atoms with E-state index in [1.54, 1.807) is 0 Å². The Labute approximate surface area is 202 Å². The number of hydrogen-bond donors (Lipinski definition) is 0. The highest BCUT2D eigenvalue weighted by molar-refractivity contribution is 6.69. The average Bonchev–Trinajstić information content (AvgIpc) is 3.05. The van der Waals surface area contributed by atoms with Crippen molar-refractivity contribution in [2.24, 2.45) is 58.2 Å². The molecule has 0 N–H and O–H groups in total. The van der Waals surface area contributed by atoms with E-state index in [4.69, 9.17) is 4.43 Å². The summed E-state index contributed by atoms with van der Waals surface area (Å²) in [6.07, 6.45) is 15.0. The van der Waals surface area contributed by atoms with Crippen molar-refractivity contribution < 1.29 is 4.43 Å². The van der Waals surface area contributed by atoms with Crippen LogP contribution in [0, 0.1) is 58.2 Å². The van der Waals surface area contributed by atoms with Gasteiger partial charge >= 0.3 is 0 Å². The van der Waals surface area contributed by atoms with Gasteiger partial charge in [-0.05, 0) is 116 Å². The minimum Gasteiger partial charge on any atom is -0.414 e. The highest BCUT2D eigenvalue weighted by Gasteiger charge is 2.65. The summed E-state index contributed by atoms with van der Waals surface area (Å²) in [5.74, 6) is 7.04. The molecule has 1 nitrogen and oxygen atoms in total. The predicted octanol–water partition coefficient (Wildman–Crippen LogP) is 9.18. The van der Waals surface area contributed by atoms with Gasteiger partial charge in [0.1, 0.15) is 0 Å². The lowest BCUT2D eigenvalue weighted by atomic mass is 9.41. The van der Waals surface area contributed by atoms with Crippen LogP contribution in [-0.4, -0.2) is 14.4 Å². The van der Waals surface area contributed by atoms with Crippen LogP contribution < -0.4 is 0 Å². The first-order valence-corrected chi connectivity index (χ1v) is 18.0. The Balaban J connectivity index is 1.74. The third kappa shape index (κ3) is 4.10. The van der Waals surface area contributed by atoms with Crippen LogP contribution in [0.2, 0.25) is 19.6 Å². The maximum atomic E-state index is 7.32. The van der Waals surface area contributed by atoms with E-state index in [9.17, 15) is 0 Å². The van der Waals surface area contributed by atoms with Crippen molar-refractivity contribution in [2.75, 3.05) is 0 Å². The van der Waals surface area contributed by atoms with Crippen LogP contribution >= 0.6 is 0 Å². The lowest BCUT2D eigenvalue weighted by molar-refractivity contribution is -0.193. The van der Waals surface area contributed by atoms with Gasteiger partial charge in [0.05, 0.1) is 6.10 Å². The molecule has 0 spiro atoms. The van der Waals surface area contributed by atoms with Crippen LogP contribution in [0.5, 0.6) is 0 Å². The molecular formula is C30H56OSi. The molecule has 0 saturated heterocycles. The lowest BCUT2D eigenvalue weighted by Gasteiger charge is -2.66. The van der Waals surface area contributed by atoms with Crippen molar-refractivity contribution >= 4 is 8.32 Å². The maximum Gasteiger partial charge on any atom is 0.184 e. The standard InChI is InChI=1S/C30H56OSi/c1-10-12-21(4)23-13-14-24-27-25(16-18-29(23,24)5)30(6)17-15-20(3)19-26(30)22(11-2)28(27)31-32(7,8)9/h20-28H,10-19H2,1-9H3/t20-,21-,22-,23-,24+,25+,26+,27+,28-,29-,30-/m1/s1. The van der Waals surface area contributed by atoms with Crippen LogP contribution in [0.25, 0.3) is 0 Å². The number of rotatable bonds is 6. The molecule has 0 aromatic heterocycles. The van der Waals surface area contributed by atoms with E-state index in [1.807, 2.05) is 0 Å². The summed E-state index contributed by atoms with van der Waals surface area (Å²) >= 11 is 0. The molecule has 4 rings (SSSR count). The van der Waals surface area contributed by atoms with Gasteiger partial charge in [-0.3, -0.25) is 0 Å². The highest BCUT2D eigenvalue weighted by Crippen LogP contribution is 2.70. The highest BCUT2D eigenvalue weighted by atomic mass is 28.4. The summed E-state index contributed by atoms with van der Waals surface area (Å²) in [7, 11) is -1.60. The van der Waals surface area contributed by atoms with Crippen LogP contribution in [0.15, 0.2) is 0 Å².